The molecule has 0 aliphatic rings. The SMILES string of the molecule is CCCCCn1cnc2cccnc21. The second-order valence-electron chi connectivity index (χ2n) is 3.49. The van der Waals surface area contributed by atoms with E-state index in [1.165, 1.54) is 19.3 Å². The summed E-state index contributed by atoms with van der Waals surface area (Å²) < 4.78 is 2.13. The topological polar surface area (TPSA) is 30.7 Å². The summed E-state index contributed by atoms with van der Waals surface area (Å²) in [6.45, 7) is 3.24. The molecular weight excluding hydrogens is 174 g/mol. The molecular formula is C11H15N3. The van der Waals surface area contributed by atoms with Crippen molar-refractivity contribution in [1.82, 2.24) is 14.5 Å². The Kier molecular flexibility index (Phi) is 2.77. The van der Waals surface area contributed by atoms with Gasteiger partial charge in [0.05, 0.1) is 6.33 Å². The third-order valence-electron chi connectivity index (χ3n) is 2.38. The average Bonchev–Trinajstić information content (AvgIpc) is 2.63. The Balaban J connectivity index is 2.17. The lowest BCUT2D eigenvalue weighted by atomic mass is 10.2. The first-order valence-corrected chi connectivity index (χ1v) is 5.17. The van der Waals surface area contributed by atoms with E-state index in [0.717, 1.165) is 17.7 Å². The van der Waals surface area contributed by atoms with E-state index in [0.29, 0.717) is 0 Å². The van der Waals surface area contributed by atoms with Crippen LogP contribution in [-0.4, -0.2) is 14.5 Å². The molecule has 2 aromatic rings. The molecule has 0 amide bonds. The average molecular weight is 189 g/mol. The molecule has 3 nitrogen and oxygen atoms in total. The number of nitrogens with zero attached hydrogens (tertiary/aromatic N) is 3. The quantitative estimate of drug-likeness (QED) is 0.692. The normalized spacial score (nSPS) is 10.9. The molecule has 0 radical (unpaired) electrons. The van der Waals surface area contributed by atoms with Gasteiger partial charge in [0.2, 0.25) is 0 Å². The van der Waals surface area contributed by atoms with Crippen molar-refractivity contribution < 1.29 is 0 Å². The van der Waals surface area contributed by atoms with E-state index in [1.54, 1.807) is 0 Å². The molecule has 0 unspecified atom stereocenters. The second-order valence-corrected chi connectivity index (χ2v) is 3.49. The van der Waals surface area contributed by atoms with Gasteiger partial charge in [-0.2, -0.15) is 0 Å². The van der Waals surface area contributed by atoms with Gasteiger partial charge in [-0.15, -0.1) is 0 Å². The Morgan fingerprint density at radius 2 is 2.21 bits per heavy atom. The predicted molar refractivity (Wildman–Crippen MR) is 57.1 cm³/mol. The van der Waals surface area contributed by atoms with Crippen LogP contribution in [0.4, 0.5) is 0 Å². The van der Waals surface area contributed by atoms with Crippen molar-refractivity contribution in [1.29, 1.82) is 0 Å². The van der Waals surface area contributed by atoms with Crippen LogP contribution in [-0.2, 0) is 6.54 Å². The Labute approximate surface area is 83.8 Å². The summed E-state index contributed by atoms with van der Waals surface area (Å²) >= 11 is 0. The maximum atomic E-state index is 4.32. The van der Waals surface area contributed by atoms with Crippen molar-refractivity contribution in [3.8, 4) is 0 Å². The van der Waals surface area contributed by atoms with E-state index >= 15 is 0 Å². The minimum absolute atomic E-state index is 0.990. The third-order valence-corrected chi connectivity index (χ3v) is 2.38. The molecule has 0 aliphatic heterocycles. The zero-order valence-electron chi connectivity index (χ0n) is 8.48. The molecule has 0 N–H and O–H groups in total. The number of fused-ring (bicyclic) bond motifs is 1. The molecule has 2 aromatic heterocycles. The maximum absolute atomic E-state index is 4.32. The highest BCUT2D eigenvalue weighted by atomic mass is 15.1. The predicted octanol–water partition coefficient (Wildman–Crippen LogP) is 2.62. The lowest BCUT2D eigenvalue weighted by molar-refractivity contribution is 0.610. The number of aryl methyl sites for hydroxylation is 1. The first-order chi connectivity index (χ1) is 6.92. The molecule has 74 valence electrons. The highest BCUT2D eigenvalue weighted by Gasteiger charge is 2.01. The molecule has 2 rings (SSSR count). The zero-order valence-corrected chi connectivity index (χ0v) is 8.48. The number of hydrogen-bond donors (Lipinski definition) is 0. The first kappa shape index (κ1) is 9.19. The van der Waals surface area contributed by atoms with Crippen LogP contribution in [0.25, 0.3) is 11.2 Å². The molecule has 0 aromatic carbocycles. The number of rotatable bonds is 4. The summed E-state index contributed by atoms with van der Waals surface area (Å²) in [5, 5.41) is 0. The van der Waals surface area contributed by atoms with Crippen LogP contribution < -0.4 is 0 Å². The van der Waals surface area contributed by atoms with Crippen molar-refractivity contribution in [2.75, 3.05) is 0 Å². The zero-order chi connectivity index (χ0) is 9.80. The van der Waals surface area contributed by atoms with Gasteiger partial charge in [-0.1, -0.05) is 19.8 Å². The highest BCUT2D eigenvalue weighted by Crippen LogP contribution is 2.09. The highest BCUT2D eigenvalue weighted by molar-refractivity contribution is 5.69. The fourth-order valence-electron chi connectivity index (χ4n) is 1.59. The van der Waals surface area contributed by atoms with Gasteiger partial charge in [0, 0.05) is 12.7 Å². The summed E-state index contributed by atoms with van der Waals surface area (Å²) in [6.07, 6.45) is 7.43. The standard InChI is InChI=1S/C11H15N3/c1-2-3-4-8-14-9-13-10-6-5-7-12-11(10)14/h5-7,9H,2-4,8H2,1H3. The first-order valence-electron chi connectivity index (χ1n) is 5.17. The Morgan fingerprint density at radius 1 is 1.29 bits per heavy atom. The van der Waals surface area contributed by atoms with Crippen LogP contribution in [0.15, 0.2) is 24.7 Å². The van der Waals surface area contributed by atoms with Crippen LogP contribution in [0.5, 0.6) is 0 Å². The fraction of sp³-hybridized carbons (Fsp3) is 0.455. The van der Waals surface area contributed by atoms with E-state index in [1.807, 2.05) is 24.7 Å². The summed E-state index contributed by atoms with van der Waals surface area (Å²) in [5.74, 6) is 0. The molecule has 0 fully saturated rings. The molecule has 0 saturated heterocycles. The van der Waals surface area contributed by atoms with E-state index in [9.17, 15) is 0 Å². The number of hydrogen-bond acceptors (Lipinski definition) is 2. The van der Waals surface area contributed by atoms with Gasteiger partial charge in [-0.25, -0.2) is 9.97 Å². The van der Waals surface area contributed by atoms with E-state index in [4.69, 9.17) is 0 Å². The summed E-state index contributed by atoms with van der Waals surface area (Å²) in [7, 11) is 0. The van der Waals surface area contributed by atoms with Gasteiger partial charge in [0.25, 0.3) is 0 Å². The van der Waals surface area contributed by atoms with Crippen molar-refractivity contribution in [3.05, 3.63) is 24.7 Å². The minimum Gasteiger partial charge on any atom is -0.315 e. The van der Waals surface area contributed by atoms with E-state index < -0.39 is 0 Å². The smallest absolute Gasteiger partial charge is 0.159 e. The van der Waals surface area contributed by atoms with Crippen molar-refractivity contribution >= 4 is 11.2 Å². The molecule has 0 aliphatic carbocycles. The largest absolute Gasteiger partial charge is 0.315 e. The Morgan fingerprint density at radius 3 is 3.07 bits per heavy atom. The fourth-order valence-corrected chi connectivity index (χ4v) is 1.59. The number of unbranched alkanes of at least 4 members (excludes halogenated alkanes) is 2. The van der Waals surface area contributed by atoms with Gasteiger partial charge in [-0.3, -0.25) is 0 Å². The van der Waals surface area contributed by atoms with Crippen LogP contribution in [0.2, 0.25) is 0 Å². The van der Waals surface area contributed by atoms with Gasteiger partial charge < -0.3 is 4.57 Å². The van der Waals surface area contributed by atoms with E-state index in [-0.39, 0.29) is 0 Å². The van der Waals surface area contributed by atoms with E-state index in [2.05, 4.69) is 21.5 Å². The molecule has 0 atom stereocenters. The molecule has 0 saturated carbocycles. The summed E-state index contributed by atoms with van der Waals surface area (Å²) in [5.41, 5.74) is 1.99. The molecule has 14 heavy (non-hydrogen) atoms. The van der Waals surface area contributed by atoms with Crippen LogP contribution in [0.1, 0.15) is 26.2 Å². The van der Waals surface area contributed by atoms with Crippen LogP contribution >= 0.6 is 0 Å². The van der Waals surface area contributed by atoms with Gasteiger partial charge in [0.1, 0.15) is 5.52 Å². The lowest BCUT2D eigenvalue weighted by Gasteiger charge is -2.01. The molecule has 3 heteroatoms. The Hall–Kier alpha value is -1.38. The summed E-state index contributed by atoms with van der Waals surface area (Å²) in [4.78, 5) is 8.62. The van der Waals surface area contributed by atoms with Crippen molar-refractivity contribution in [2.24, 2.45) is 0 Å². The van der Waals surface area contributed by atoms with Gasteiger partial charge >= 0.3 is 0 Å². The van der Waals surface area contributed by atoms with Crippen molar-refractivity contribution in [2.45, 2.75) is 32.7 Å². The second kappa shape index (κ2) is 4.22. The van der Waals surface area contributed by atoms with Crippen molar-refractivity contribution in [3.63, 3.8) is 0 Å². The van der Waals surface area contributed by atoms with Crippen LogP contribution in [0.3, 0.4) is 0 Å². The summed E-state index contributed by atoms with van der Waals surface area (Å²) in [6, 6.07) is 3.92. The van der Waals surface area contributed by atoms with Gasteiger partial charge in [0.15, 0.2) is 5.65 Å². The molecule has 0 spiro atoms. The molecule has 2 heterocycles. The maximum Gasteiger partial charge on any atom is 0.159 e. The monoisotopic (exact) mass is 189 g/mol. The number of aromatic nitrogens is 3. The minimum atomic E-state index is 0.990. The Bertz CT molecular complexity index is 406. The number of imidazole rings is 1. The number of pyridine rings is 1. The van der Waals surface area contributed by atoms with Gasteiger partial charge in [-0.05, 0) is 18.6 Å². The van der Waals surface area contributed by atoms with Crippen LogP contribution in [0, 0.1) is 0 Å². The lowest BCUT2D eigenvalue weighted by Crippen LogP contribution is -1.96. The molecule has 0 bridgehead atoms. The third kappa shape index (κ3) is 1.76.